The summed E-state index contributed by atoms with van der Waals surface area (Å²) < 4.78 is 30.1. The molecule has 0 aliphatic rings. The molecule has 0 unspecified atom stereocenters. The molecule has 0 heterocycles. The smallest absolute Gasteiger partial charge is 0.251 e. The van der Waals surface area contributed by atoms with Gasteiger partial charge in [-0.1, -0.05) is 42.5 Å². The van der Waals surface area contributed by atoms with Crippen LogP contribution in [0.1, 0.15) is 35.3 Å². The Morgan fingerprint density at radius 3 is 2.10 bits per heavy atom. The molecule has 6 heteroatoms. The van der Waals surface area contributed by atoms with Gasteiger partial charge in [-0.2, -0.15) is 0 Å². The summed E-state index contributed by atoms with van der Waals surface area (Å²) >= 11 is 0. The van der Waals surface area contributed by atoms with Gasteiger partial charge in [-0.15, -0.1) is 0 Å². The Labute approximate surface area is 177 Å². The second-order valence-electron chi connectivity index (χ2n) is 7.22. The van der Waals surface area contributed by atoms with Crippen LogP contribution in [0.4, 0.5) is 0 Å². The standard InChI is InChI=1S/C24H25NO4S/c1-18(2)30(27,28)23-14-10-21(11-15-23)24(26)25-16-19-8-12-22(13-9-19)29-17-20-6-4-3-5-7-20/h3-15,18H,16-17H2,1-2H3,(H,25,26). The average Bonchev–Trinajstić information content (AvgIpc) is 2.77. The molecule has 0 fully saturated rings. The zero-order valence-electron chi connectivity index (χ0n) is 17.0. The SMILES string of the molecule is CC(C)S(=O)(=O)c1ccc(C(=O)NCc2ccc(OCc3ccccc3)cc2)cc1. The van der Waals surface area contributed by atoms with Crippen LogP contribution in [0.15, 0.2) is 83.8 Å². The van der Waals surface area contributed by atoms with Gasteiger partial charge in [0.1, 0.15) is 12.4 Å². The van der Waals surface area contributed by atoms with Gasteiger partial charge >= 0.3 is 0 Å². The first kappa shape index (κ1) is 21.6. The van der Waals surface area contributed by atoms with Crippen molar-refractivity contribution in [3.63, 3.8) is 0 Å². The number of benzene rings is 3. The predicted molar refractivity (Wildman–Crippen MR) is 117 cm³/mol. The van der Waals surface area contributed by atoms with E-state index in [-0.39, 0.29) is 10.8 Å². The third kappa shape index (κ3) is 5.48. The third-order valence-corrected chi connectivity index (χ3v) is 6.86. The van der Waals surface area contributed by atoms with Crippen molar-refractivity contribution in [1.82, 2.24) is 5.32 Å². The maximum Gasteiger partial charge on any atom is 0.251 e. The van der Waals surface area contributed by atoms with Crippen molar-refractivity contribution >= 4 is 15.7 Å². The lowest BCUT2D eigenvalue weighted by Crippen LogP contribution is -2.23. The van der Waals surface area contributed by atoms with Gasteiger partial charge in [0.25, 0.3) is 5.91 Å². The normalized spacial score (nSPS) is 11.3. The van der Waals surface area contributed by atoms with Crippen LogP contribution in [-0.4, -0.2) is 19.6 Å². The number of sulfone groups is 1. The van der Waals surface area contributed by atoms with Crippen LogP contribution in [0.3, 0.4) is 0 Å². The van der Waals surface area contributed by atoms with E-state index >= 15 is 0 Å². The van der Waals surface area contributed by atoms with Crippen molar-refractivity contribution in [3.8, 4) is 5.75 Å². The lowest BCUT2D eigenvalue weighted by Gasteiger charge is -2.10. The third-order valence-electron chi connectivity index (χ3n) is 4.69. The Morgan fingerprint density at radius 1 is 0.867 bits per heavy atom. The van der Waals surface area contributed by atoms with E-state index in [1.165, 1.54) is 24.3 Å². The van der Waals surface area contributed by atoms with Crippen molar-refractivity contribution in [1.29, 1.82) is 0 Å². The summed E-state index contributed by atoms with van der Waals surface area (Å²) in [7, 11) is -3.34. The van der Waals surface area contributed by atoms with Gasteiger partial charge in [0.15, 0.2) is 9.84 Å². The van der Waals surface area contributed by atoms with E-state index in [0.717, 1.165) is 16.9 Å². The molecule has 5 nitrogen and oxygen atoms in total. The molecule has 0 radical (unpaired) electrons. The van der Waals surface area contributed by atoms with Crippen molar-refractivity contribution in [2.45, 2.75) is 37.1 Å². The number of carbonyl (C=O) groups is 1. The Bertz CT molecular complexity index is 1070. The lowest BCUT2D eigenvalue weighted by molar-refractivity contribution is 0.0951. The number of nitrogens with one attached hydrogen (secondary N) is 1. The van der Waals surface area contributed by atoms with Crippen LogP contribution in [-0.2, 0) is 23.0 Å². The van der Waals surface area contributed by atoms with Crippen LogP contribution in [0.2, 0.25) is 0 Å². The topological polar surface area (TPSA) is 72.5 Å². The van der Waals surface area contributed by atoms with Crippen LogP contribution in [0, 0.1) is 0 Å². The van der Waals surface area contributed by atoms with E-state index in [9.17, 15) is 13.2 Å². The van der Waals surface area contributed by atoms with Gasteiger partial charge in [0.05, 0.1) is 10.1 Å². The minimum Gasteiger partial charge on any atom is -0.489 e. The van der Waals surface area contributed by atoms with Crippen molar-refractivity contribution in [2.75, 3.05) is 0 Å². The van der Waals surface area contributed by atoms with Crippen LogP contribution in [0.5, 0.6) is 5.75 Å². The summed E-state index contributed by atoms with van der Waals surface area (Å²) in [5.41, 5.74) is 2.45. The van der Waals surface area contributed by atoms with E-state index in [1.807, 2.05) is 54.6 Å². The molecule has 0 bridgehead atoms. The largest absolute Gasteiger partial charge is 0.489 e. The molecule has 0 atom stereocenters. The molecule has 1 amide bonds. The van der Waals surface area contributed by atoms with Gasteiger partial charge in [-0.3, -0.25) is 4.79 Å². The first-order chi connectivity index (χ1) is 14.4. The number of rotatable bonds is 8. The summed E-state index contributed by atoms with van der Waals surface area (Å²) in [5, 5.41) is 2.34. The fourth-order valence-electron chi connectivity index (χ4n) is 2.80. The molecular formula is C24H25NO4S. The number of amides is 1. The molecule has 0 aliphatic heterocycles. The van der Waals surface area contributed by atoms with Crippen LogP contribution in [0.25, 0.3) is 0 Å². The molecular weight excluding hydrogens is 398 g/mol. The Balaban J connectivity index is 1.53. The predicted octanol–water partition coefficient (Wildman–Crippen LogP) is 4.38. The molecule has 156 valence electrons. The number of hydrogen-bond acceptors (Lipinski definition) is 4. The zero-order valence-corrected chi connectivity index (χ0v) is 17.9. The fraction of sp³-hybridized carbons (Fsp3) is 0.208. The van der Waals surface area contributed by atoms with Crippen molar-refractivity contribution in [2.24, 2.45) is 0 Å². The monoisotopic (exact) mass is 423 g/mol. The average molecular weight is 424 g/mol. The molecule has 0 saturated carbocycles. The number of carbonyl (C=O) groups excluding carboxylic acids is 1. The highest BCUT2D eigenvalue weighted by Crippen LogP contribution is 2.17. The maximum atomic E-state index is 12.4. The molecule has 0 saturated heterocycles. The number of ether oxygens (including phenoxy) is 1. The molecule has 3 aromatic carbocycles. The lowest BCUT2D eigenvalue weighted by atomic mass is 10.2. The van der Waals surface area contributed by atoms with E-state index < -0.39 is 15.1 Å². The minimum absolute atomic E-state index is 0.222. The summed E-state index contributed by atoms with van der Waals surface area (Å²) in [6, 6.07) is 23.5. The maximum absolute atomic E-state index is 12.4. The van der Waals surface area contributed by atoms with Gasteiger partial charge in [0, 0.05) is 12.1 Å². The van der Waals surface area contributed by atoms with Crippen molar-refractivity contribution < 1.29 is 17.9 Å². The van der Waals surface area contributed by atoms with E-state index in [1.54, 1.807) is 13.8 Å². The van der Waals surface area contributed by atoms with E-state index in [4.69, 9.17) is 4.74 Å². The van der Waals surface area contributed by atoms with Gasteiger partial charge in [-0.25, -0.2) is 8.42 Å². The Hall–Kier alpha value is -3.12. The molecule has 1 N–H and O–H groups in total. The summed E-state index contributed by atoms with van der Waals surface area (Å²) in [6.45, 7) is 4.13. The molecule has 0 aliphatic carbocycles. The Kier molecular flexibility index (Phi) is 6.90. The van der Waals surface area contributed by atoms with Crippen molar-refractivity contribution in [3.05, 3.63) is 95.6 Å². The van der Waals surface area contributed by atoms with Gasteiger partial charge in [-0.05, 0) is 61.4 Å². The summed E-state index contributed by atoms with van der Waals surface area (Å²) in [5.74, 6) is 0.503. The first-order valence-corrected chi connectivity index (χ1v) is 11.3. The quantitative estimate of drug-likeness (QED) is 0.584. The van der Waals surface area contributed by atoms with Gasteiger partial charge < -0.3 is 10.1 Å². The molecule has 0 spiro atoms. The van der Waals surface area contributed by atoms with Gasteiger partial charge in [0.2, 0.25) is 0 Å². The zero-order chi connectivity index (χ0) is 21.6. The minimum atomic E-state index is -3.34. The Morgan fingerprint density at radius 2 is 1.50 bits per heavy atom. The van der Waals surface area contributed by atoms with Crippen LogP contribution < -0.4 is 10.1 Å². The summed E-state index contributed by atoms with van der Waals surface area (Å²) in [6.07, 6.45) is 0. The highest BCUT2D eigenvalue weighted by Gasteiger charge is 2.19. The van der Waals surface area contributed by atoms with Crippen LogP contribution >= 0.6 is 0 Å². The summed E-state index contributed by atoms with van der Waals surface area (Å²) in [4.78, 5) is 12.6. The second-order valence-corrected chi connectivity index (χ2v) is 9.72. The molecule has 30 heavy (non-hydrogen) atoms. The second kappa shape index (κ2) is 9.59. The first-order valence-electron chi connectivity index (χ1n) is 9.74. The molecule has 3 rings (SSSR count). The van der Waals surface area contributed by atoms with E-state index in [0.29, 0.717) is 18.7 Å². The van der Waals surface area contributed by atoms with E-state index in [2.05, 4.69) is 5.32 Å². The molecule has 3 aromatic rings. The number of hydrogen-bond donors (Lipinski definition) is 1. The molecule has 0 aromatic heterocycles. The fourth-order valence-corrected chi connectivity index (χ4v) is 3.86. The highest BCUT2D eigenvalue weighted by molar-refractivity contribution is 7.92. The highest BCUT2D eigenvalue weighted by atomic mass is 32.2.